The predicted octanol–water partition coefficient (Wildman–Crippen LogP) is 4.43. The Morgan fingerprint density at radius 3 is 2.52 bits per heavy atom. The molecule has 0 aliphatic carbocycles. The van der Waals surface area contributed by atoms with Gasteiger partial charge in [0.2, 0.25) is 0 Å². The third-order valence-electron chi connectivity index (χ3n) is 2.47. The first-order valence-electron chi connectivity index (χ1n) is 5.46. The van der Waals surface area contributed by atoms with E-state index < -0.39 is 17.6 Å². The molecule has 0 aliphatic rings. The van der Waals surface area contributed by atoms with Crippen molar-refractivity contribution in [2.75, 3.05) is 5.32 Å². The fourth-order valence-corrected chi connectivity index (χ4v) is 1.65. The number of anilines is 1. The molecule has 3 nitrogen and oxygen atoms in total. The van der Waals surface area contributed by atoms with Crippen molar-refractivity contribution in [2.24, 2.45) is 0 Å². The van der Waals surface area contributed by atoms with E-state index in [1.807, 2.05) is 0 Å². The zero-order chi connectivity index (χ0) is 14.8. The van der Waals surface area contributed by atoms with Gasteiger partial charge in [0.25, 0.3) is 5.91 Å². The number of alkyl halides is 3. The largest absolute Gasteiger partial charge is 0.416 e. The molecule has 0 aliphatic heterocycles. The maximum Gasteiger partial charge on any atom is 0.416 e. The Morgan fingerprint density at radius 2 is 1.95 bits per heavy atom. The van der Waals surface area contributed by atoms with E-state index >= 15 is 0 Å². The first kappa shape index (κ1) is 17.3. The number of rotatable bonds is 2. The summed E-state index contributed by atoms with van der Waals surface area (Å²) in [5, 5.41) is 2.35. The first-order valence-corrected chi connectivity index (χ1v) is 5.84. The molecular formula is C13H9Cl2F3N2O. The van der Waals surface area contributed by atoms with Crippen LogP contribution in [0.3, 0.4) is 0 Å². The van der Waals surface area contributed by atoms with Gasteiger partial charge in [0, 0.05) is 12.4 Å². The van der Waals surface area contributed by atoms with Crippen LogP contribution in [0.5, 0.6) is 0 Å². The van der Waals surface area contributed by atoms with Crippen molar-refractivity contribution in [1.82, 2.24) is 4.98 Å². The van der Waals surface area contributed by atoms with E-state index in [0.717, 1.165) is 18.2 Å². The van der Waals surface area contributed by atoms with E-state index in [1.165, 1.54) is 18.5 Å². The van der Waals surface area contributed by atoms with Crippen LogP contribution in [0.1, 0.15) is 15.9 Å². The molecule has 8 heteroatoms. The number of nitrogens with zero attached hydrogens (tertiary/aromatic N) is 1. The van der Waals surface area contributed by atoms with E-state index in [1.54, 1.807) is 6.07 Å². The summed E-state index contributed by atoms with van der Waals surface area (Å²) in [5.41, 5.74) is -0.764. The molecule has 2 aromatic rings. The van der Waals surface area contributed by atoms with Crippen molar-refractivity contribution in [3.63, 3.8) is 0 Å². The van der Waals surface area contributed by atoms with E-state index in [0.29, 0.717) is 0 Å². The number of carbonyl (C=O) groups is 1. The van der Waals surface area contributed by atoms with Gasteiger partial charge in [-0.25, -0.2) is 0 Å². The molecule has 0 atom stereocenters. The van der Waals surface area contributed by atoms with Gasteiger partial charge < -0.3 is 5.32 Å². The summed E-state index contributed by atoms with van der Waals surface area (Å²) in [7, 11) is 0. The highest BCUT2D eigenvalue weighted by Crippen LogP contribution is 2.33. The van der Waals surface area contributed by atoms with Crippen LogP contribution in [-0.4, -0.2) is 10.9 Å². The van der Waals surface area contributed by atoms with Crippen molar-refractivity contribution in [3.05, 3.63) is 58.9 Å². The molecule has 1 amide bonds. The maximum atomic E-state index is 12.6. The fraction of sp³-hybridized carbons (Fsp3) is 0.0769. The molecule has 1 heterocycles. The molecule has 1 N–H and O–H groups in total. The SMILES string of the molecule is Cl.O=C(Nc1cc(C(F)(F)F)ccc1Cl)c1cccnc1. The molecule has 0 spiro atoms. The number of benzene rings is 1. The Morgan fingerprint density at radius 1 is 1.24 bits per heavy atom. The van der Waals surface area contributed by atoms with Crippen LogP contribution in [0.15, 0.2) is 42.7 Å². The minimum atomic E-state index is -4.50. The topological polar surface area (TPSA) is 42.0 Å². The number of nitrogens with one attached hydrogen (secondary N) is 1. The molecule has 1 aromatic heterocycles. The minimum Gasteiger partial charge on any atom is -0.321 e. The van der Waals surface area contributed by atoms with Crippen molar-refractivity contribution >= 4 is 35.6 Å². The lowest BCUT2D eigenvalue weighted by Crippen LogP contribution is -2.13. The molecule has 0 saturated carbocycles. The Bertz CT molecular complexity index is 633. The monoisotopic (exact) mass is 336 g/mol. The van der Waals surface area contributed by atoms with E-state index in [2.05, 4.69) is 10.3 Å². The van der Waals surface area contributed by atoms with Gasteiger partial charge in [-0.05, 0) is 30.3 Å². The van der Waals surface area contributed by atoms with Gasteiger partial charge in [0.1, 0.15) is 0 Å². The number of halogens is 5. The first-order chi connectivity index (χ1) is 9.38. The van der Waals surface area contributed by atoms with Gasteiger partial charge >= 0.3 is 6.18 Å². The summed E-state index contributed by atoms with van der Waals surface area (Å²) >= 11 is 5.78. The molecule has 0 radical (unpaired) electrons. The van der Waals surface area contributed by atoms with Crippen LogP contribution >= 0.6 is 24.0 Å². The summed E-state index contributed by atoms with van der Waals surface area (Å²) in [6.45, 7) is 0. The molecule has 0 saturated heterocycles. The standard InChI is InChI=1S/C13H8ClF3N2O.ClH/c14-10-4-3-9(13(15,16)17)6-11(10)19-12(20)8-2-1-5-18-7-8;/h1-7H,(H,19,20);1H. The summed E-state index contributed by atoms with van der Waals surface area (Å²) in [6, 6.07) is 5.76. The minimum absolute atomic E-state index is 0. The number of hydrogen-bond donors (Lipinski definition) is 1. The summed E-state index contributed by atoms with van der Waals surface area (Å²) < 4.78 is 37.8. The fourth-order valence-electron chi connectivity index (χ4n) is 1.49. The quantitative estimate of drug-likeness (QED) is 0.881. The lowest BCUT2D eigenvalue weighted by molar-refractivity contribution is -0.137. The molecule has 0 fully saturated rings. The van der Waals surface area contributed by atoms with E-state index in [4.69, 9.17) is 11.6 Å². The van der Waals surface area contributed by atoms with Crippen LogP contribution in [0.4, 0.5) is 18.9 Å². The lowest BCUT2D eigenvalue weighted by atomic mass is 10.2. The van der Waals surface area contributed by atoms with Crippen molar-refractivity contribution in [2.45, 2.75) is 6.18 Å². The Hall–Kier alpha value is -1.79. The van der Waals surface area contributed by atoms with Crippen LogP contribution < -0.4 is 5.32 Å². The molecule has 2 rings (SSSR count). The summed E-state index contributed by atoms with van der Waals surface area (Å²) in [4.78, 5) is 15.6. The van der Waals surface area contributed by atoms with Crippen molar-refractivity contribution < 1.29 is 18.0 Å². The Labute approximate surface area is 129 Å². The van der Waals surface area contributed by atoms with E-state index in [-0.39, 0.29) is 28.7 Å². The van der Waals surface area contributed by atoms with Gasteiger partial charge in [0.15, 0.2) is 0 Å². The highest BCUT2D eigenvalue weighted by atomic mass is 35.5. The predicted molar refractivity (Wildman–Crippen MR) is 75.9 cm³/mol. The van der Waals surface area contributed by atoms with Crippen LogP contribution in [0.2, 0.25) is 5.02 Å². The molecule has 112 valence electrons. The van der Waals surface area contributed by atoms with Gasteiger partial charge in [-0.15, -0.1) is 12.4 Å². The second kappa shape index (κ2) is 6.78. The molecule has 21 heavy (non-hydrogen) atoms. The zero-order valence-corrected chi connectivity index (χ0v) is 11.9. The van der Waals surface area contributed by atoms with Crippen molar-refractivity contribution in [1.29, 1.82) is 0 Å². The number of pyridine rings is 1. The summed E-state index contributed by atoms with van der Waals surface area (Å²) in [6.07, 6.45) is -1.72. The molecule has 1 aromatic carbocycles. The number of carbonyl (C=O) groups excluding carboxylic acids is 1. The van der Waals surface area contributed by atoms with Gasteiger partial charge in [-0.1, -0.05) is 11.6 Å². The smallest absolute Gasteiger partial charge is 0.321 e. The highest BCUT2D eigenvalue weighted by Gasteiger charge is 2.31. The summed E-state index contributed by atoms with van der Waals surface area (Å²) in [5.74, 6) is -0.584. The van der Waals surface area contributed by atoms with Gasteiger partial charge in [0.05, 0.1) is 21.8 Å². The number of amides is 1. The average Bonchev–Trinajstić information content (AvgIpc) is 2.41. The zero-order valence-electron chi connectivity index (χ0n) is 10.3. The third-order valence-corrected chi connectivity index (χ3v) is 2.80. The second-order valence-corrected chi connectivity index (χ2v) is 4.30. The number of hydrogen-bond acceptors (Lipinski definition) is 2. The highest BCUT2D eigenvalue weighted by molar-refractivity contribution is 6.34. The number of aromatic nitrogens is 1. The maximum absolute atomic E-state index is 12.6. The van der Waals surface area contributed by atoms with Crippen molar-refractivity contribution in [3.8, 4) is 0 Å². The van der Waals surface area contributed by atoms with Crippen LogP contribution in [0, 0.1) is 0 Å². The van der Waals surface area contributed by atoms with Crippen LogP contribution in [-0.2, 0) is 6.18 Å². The normalized spacial score (nSPS) is 10.7. The molecule has 0 unspecified atom stereocenters. The van der Waals surface area contributed by atoms with Crippen LogP contribution in [0.25, 0.3) is 0 Å². The third kappa shape index (κ3) is 4.34. The second-order valence-electron chi connectivity index (χ2n) is 3.89. The average molecular weight is 337 g/mol. The van der Waals surface area contributed by atoms with Gasteiger partial charge in [-0.2, -0.15) is 13.2 Å². The Kier molecular flexibility index (Phi) is 5.57. The molecular weight excluding hydrogens is 328 g/mol. The lowest BCUT2D eigenvalue weighted by Gasteiger charge is -2.11. The molecule has 0 bridgehead atoms. The van der Waals surface area contributed by atoms with E-state index in [9.17, 15) is 18.0 Å². The van der Waals surface area contributed by atoms with Gasteiger partial charge in [-0.3, -0.25) is 9.78 Å². The Balaban J connectivity index is 0.00000220.